The highest BCUT2D eigenvalue weighted by atomic mass is 79.9. The number of rotatable bonds is 8. The highest BCUT2D eigenvalue weighted by Crippen LogP contribution is 2.28. The van der Waals surface area contributed by atoms with Gasteiger partial charge in [0.1, 0.15) is 0 Å². The number of amides is 1. The maximum Gasteiger partial charge on any atom is 0.253 e. The summed E-state index contributed by atoms with van der Waals surface area (Å²) in [5.74, 6) is 0.313. The van der Waals surface area contributed by atoms with E-state index in [1.54, 1.807) is 6.07 Å². The predicted octanol–water partition coefficient (Wildman–Crippen LogP) is 5.08. The Morgan fingerprint density at radius 2 is 2.00 bits per heavy atom. The number of hydrogen-bond donors (Lipinski definition) is 4. The van der Waals surface area contributed by atoms with Crippen molar-refractivity contribution in [2.24, 2.45) is 5.92 Å². The summed E-state index contributed by atoms with van der Waals surface area (Å²) in [6, 6.07) is 5.81. The molecule has 1 fully saturated rings. The molecule has 1 amide bonds. The fraction of sp³-hybridized carbons (Fsp3) is 0.414. The van der Waals surface area contributed by atoms with Crippen LogP contribution < -0.4 is 16.2 Å². The van der Waals surface area contributed by atoms with Gasteiger partial charge in [0.25, 0.3) is 11.5 Å². The molecule has 0 saturated carbocycles. The molecule has 1 aliphatic carbocycles. The number of hydrogen-bond acceptors (Lipinski definition) is 5. The zero-order chi connectivity index (χ0) is 26.5. The highest BCUT2D eigenvalue weighted by Gasteiger charge is 2.22. The van der Waals surface area contributed by atoms with Crippen LogP contribution in [0, 0.1) is 25.2 Å². The SMILES string of the molecule is Cc1cc(C)c(CNC(=O)c2cc(Br)cc(NC3CCN(CC4=CCC(C)C=C4)CC3)c2C=N)c(=O)[nH]1. The van der Waals surface area contributed by atoms with Crippen molar-refractivity contribution in [3.63, 3.8) is 0 Å². The average Bonchev–Trinajstić information content (AvgIpc) is 2.85. The number of aryl methyl sites for hydroxylation is 2. The lowest BCUT2D eigenvalue weighted by Gasteiger charge is -2.34. The lowest BCUT2D eigenvalue weighted by molar-refractivity contribution is 0.0950. The second-order valence-corrected chi connectivity index (χ2v) is 11.1. The maximum atomic E-state index is 13.1. The Morgan fingerprint density at radius 1 is 1.24 bits per heavy atom. The van der Waals surface area contributed by atoms with E-state index in [9.17, 15) is 9.59 Å². The summed E-state index contributed by atoms with van der Waals surface area (Å²) in [5, 5.41) is 14.5. The van der Waals surface area contributed by atoms with E-state index in [0.29, 0.717) is 22.6 Å². The Labute approximate surface area is 227 Å². The van der Waals surface area contributed by atoms with Crippen molar-refractivity contribution in [3.05, 3.63) is 84.8 Å². The van der Waals surface area contributed by atoms with Gasteiger partial charge < -0.3 is 21.0 Å². The molecule has 2 heterocycles. The maximum absolute atomic E-state index is 13.1. The summed E-state index contributed by atoms with van der Waals surface area (Å²) in [7, 11) is 0. The Hall–Kier alpha value is -2.97. The number of halogens is 1. The number of piperidine rings is 1. The number of allylic oxidation sites excluding steroid dienone is 2. The molecule has 4 N–H and O–H groups in total. The predicted molar refractivity (Wildman–Crippen MR) is 154 cm³/mol. The molecule has 37 heavy (non-hydrogen) atoms. The first-order valence-electron chi connectivity index (χ1n) is 12.9. The fourth-order valence-electron chi connectivity index (χ4n) is 5.05. The molecule has 1 aliphatic heterocycles. The third-order valence-corrected chi connectivity index (χ3v) is 7.66. The molecule has 0 spiro atoms. The molecule has 1 atom stereocenters. The van der Waals surface area contributed by atoms with E-state index in [4.69, 9.17) is 5.41 Å². The highest BCUT2D eigenvalue weighted by molar-refractivity contribution is 9.10. The summed E-state index contributed by atoms with van der Waals surface area (Å²) in [5.41, 5.74) is 5.07. The van der Waals surface area contributed by atoms with Gasteiger partial charge in [-0.3, -0.25) is 14.5 Å². The standard InChI is InChI=1S/C29H36BrN5O2/c1-18-4-6-21(7-5-18)17-35-10-8-23(9-11-35)34-27-14-22(30)13-24(25(27)15-31)28(36)32-16-26-19(2)12-20(3)33-29(26)37/h4,6-7,12-15,18,23,31,34H,5,8-11,16-17H2,1-3H3,(H,32,36)(H,33,37). The average molecular weight is 567 g/mol. The number of likely N-dealkylation sites (tertiary alicyclic amines) is 1. The van der Waals surface area contributed by atoms with Gasteiger partial charge in [0.05, 0.1) is 5.56 Å². The van der Waals surface area contributed by atoms with Gasteiger partial charge in [-0.25, -0.2) is 0 Å². The molecule has 1 aromatic carbocycles. The molecule has 2 aliphatic rings. The monoisotopic (exact) mass is 565 g/mol. The molecule has 2 aromatic rings. The first-order chi connectivity index (χ1) is 17.7. The Balaban J connectivity index is 1.41. The zero-order valence-corrected chi connectivity index (χ0v) is 23.4. The number of aromatic amines is 1. The van der Waals surface area contributed by atoms with Gasteiger partial charge in [0, 0.05) is 65.4 Å². The van der Waals surface area contributed by atoms with Crippen molar-refractivity contribution in [1.82, 2.24) is 15.2 Å². The molecule has 1 aromatic heterocycles. The summed E-state index contributed by atoms with van der Waals surface area (Å²) in [6.07, 6.45) is 11.3. The van der Waals surface area contributed by atoms with Crippen molar-refractivity contribution in [1.29, 1.82) is 5.41 Å². The number of carbonyl (C=O) groups excluding carboxylic acids is 1. The van der Waals surface area contributed by atoms with Crippen molar-refractivity contribution in [2.45, 2.75) is 52.6 Å². The van der Waals surface area contributed by atoms with Crippen molar-refractivity contribution in [2.75, 3.05) is 25.0 Å². The Bertz CT molecular complexity index is 1290. The first-order valence-corrected chi connectivity index (χ1v) is 13.7. The largest absolute Gasteiger partial charge is 0.382 e. The number of anilines is 1. The fourth-order valence-corrected chi connectivity index (χ4v) is 5.51. The summed E-state index contributed by atoms with van der Waals surface area (Å²) < 4.78 is 0.762. The number of H-pyrrole nitrogens is 1. The van der Waals surface area contributed by atoms with Gasteiger partial charge >= 0.3 is 0 Å². The molecule has 196 valence electrons. The molecule has 1 unspecified atom stereocenters. The molecular weight excluding hydrogens is 530 g/mol. The Kier molecular flexibility index (Phi) is 8.82. The number of pyridine rings is 1. The molecular formula is C29H36BrN5O2. The molecule has 0 bridgehead atoms. The molecule has 1 saturated heterocycles. The minimum absolute atomic E-state index is 0.121. The summed E-state index contributed by atoms with van der Waals surface area (Å²) in [6.45, 7) is 9.06. The van der Waals surface area contributed by atoms with Gasteiger partial charge in [0.15, 0.2) is 0 Å². The van der Waals surface area contributed by atoms with E-state index in [0.717, 1.165) is 60.3 Å². The van der Waals surface area contributed by atoms with Crippen LogP contribution in [0.25, 0.3) is 0 Å². The summed E-state index contributed by atoms with van der Waals surface area (Å²) in [4.78, 5) is 30.8. The van der Waals surface area contributed by atoms with Gasteiger partial charge in [-0.2, -0.15) is 0 Å². The van der Waals surface area contributed by atoms with Crippen LogP contribution in [0.1, 0.15) is 58.9 Å². The molecule has 4 rings (SSSR count). The van der Waals surface area contributed by atoms with Gasteiger partial charge in [-0.1, -0.05) is 41.1 Å². The zero-order valence-electron chi connectivity index (χ0n) is 21.8. The lowest BCUT2D eigenvalue weighted by atomic mass is 9.97. The molecule has 8 heteroatoms. The van der Waals surface area contributed by atoms with E-state index in [2.05, 4.69) is 61.6 Å². The van der Waals surface area contributed by atoms with Crippen LogP contribution in [-0.4, -0.2) is 47.7 Å². The third kappa shape index (κ3) is 6.87. The summed E-state index contributed by atoms with van der Waals surface area (Å²) >= 11 is 3.53. The van der Waals surface area contributed by atoms with Crippen LogP contribution >= 0.6 is 15.9 Å². The van der Waals surface area contributed by atoms with Gasteiger partial charge in [-0.15, -0.1) is 0 Å². The number of nitrogens with one attached hydrogen (secondary N) is 4. The molecule has 0 radical (unpaired) electrons. The topological polar surface area (TPSA) is 101 Å². The third-order valence-electron chi connectivity index (χ3n) is 7.20. The van der Waals surface area contributed by atoms with E-state index in [1.165, 1.54) is 11.8 Å². The minimum atomic E-state index is -0.319. The molecule has 7 nitrogen and oxygen atoms in total. The van der Waals surface area contributed by atoms with Crippen LogP contribution in [0.3, 0.4) is 0 Å². The Morgan fingerprint density at radius 3 is 2.65 bits per heavy atom. The minimum Gasteiger partial charge on any atom is -0.382 e. The van der Waals surface area contributed by atoms with E-state index in [1.807, 2.05) is 26.0 Å². The number of carbonyl (C=O) groups is 1. The van der Waals surface area contributed by atoms with Crippen LogP contribution in [0.15, 0.2) is 51.3 Å². The van der Waals surface area contributed by atoms with Crippen molar-refractivity contribution >= 4 is 33.7 Å². The normalized spacial score (nSPS) is 18.4. The van der Waals surface area contributed by atoms with Gasteiger partial charge in [-0.05, 0) is 68.4 Å². The van der Waals surface area contributed by atoms with E-state index >= 15 is 0 Å². The van der Waals surface area contributed by atoms with Crippen LogP contribution in [0.4, 0.5) is 5.69 Å². The van der Waals surface area contributed by atoms with Gasteiger partial charge in [0.2, 0.25) is 0 Å². The number of benzene rings is 1. The van der Waals surface area contributed by atoms with E-state index < -0.39 is 0 Å². The van der Waals surface area contributed by atoms with Crippen molar-refractivity contribution in [3.8, 4) is 0 Å². The number of aromatic nitrogens is 1. The second kappa shape index (κ2) is 12.0. The van der Waals surface area contributed by atoms with Crippen LogP contribution in [0.2, 0.25) is 0 Å². The van der Waals surface area contributed by atoms with Crippen molar-refractivity contribution < 1.29 is 4.79 Å². The quantitative estimate of drug-likeness (QED) is 0.335. The van der Waals surface area contributed by atoms with Crippen LogP contribution in [0.5, 0.6) is 0 Å². The number of nitrogens with zero attached hydrogens (tertiary/aromatic N) is 1. The van der Waals surface area contributed by atoms with Crippen LogP contribution in [-0.2, 0) is 6.54 Å². The second-order valence-electron chi connectivity index (χ2n) is 10.2. The lowest BCUT2D eigenvalue weighted by Crippen LogP contribution is -2.40. The first kappa shape index (κ1) is 27.1. The van der Waals surface area contributed by atoms with E-state index in [-0.39, 0.29) is 24.1 Å². The smallest absolute Gasteiger partial charge is 0.253 e.